The molecule has 1 aliphatic carbocycles. The van der Waals surface area contributed by atoms with Crippen molar-refractivity contribution < 1.29 is 48.3 Å². The topological polar surface area (TPSA) is 0 Å². The van der Waals surface area contributed by atoms with Gasteiger partial charge in [0.2, 0.25) is 5.92 Å². The Balaban J connectivity index is 3.54. The van der Waals surface area contributed by atoms with Gasteiger partial charge in [-0.05, 0) is 0 Å². The van der Waals surface area contributed by atoms with Gasteiger partial charge in [0.25, 0.3) is 0 Å². The fourth-order valence-electron chi connectivity index (χ4n) is 1.26. The third kappa shape index (κ3) is 1.36. The summed E-state index contributed by atoms with van der Waals surface area (Å²) in [6.45, 7) is 0. The van der Waals surface area contributed by atoms with Gasteiger partial charge in [0.05, 0.1) is 0 Å². The van der Waals surface area contributed by atoms with Crippen molar-refractivity contribution in [3.8, 4) is 0 Å². The van der Waals surface area contributed by atoms with E-state index in [9.17, 15) is 48.3 Å². The quantitative estimate of drug-likeness (QED) is 0.594. The van der Waals surface area contributed by atoms with Gasteiger partial charge in [-0.15, -0.1) is 0 Å². The third-order valence-corrected chi connectivity index (χ3v) is 2.09. The molecule has 1 saturated carbocycles. The summed E-state index contributed by atoms with van der Waals surface area (Å²) in [5.74, 6) is -31.5. The first-order chi connectivity index (χ1) is 7.12. The second kappa shape index (κ2) is 2.97. The highest BCUT2D eigenvalue weighted by molar-refractivity contribution is 5.35. The van der Waals surface area contributed by atoms with Crippen LogP contribution < -0.4 is 0 Å². The van der Waals surface area contributed by atoms with Crippen LogP contribution in [0, 0.1) is 5.92 Å². The van der Waals surface area contributed by atoms with Crippen molar-refractivity contribution in [3.05, 3.63) is 5.92 Å². The van der Waals surface area contributed by atoms with E-state index in [0.717, 1.165) is 0 Å². The largest absolute Gasteiger partial charge is 0.408 e. The van der Waals surface area contributed by atoms with Crippen molar-refractivity contribution in [1.29, 1.82) is 0 Å². The Hall–Kier alpha value is -0.770. The van der Waals surface area contributed by atoms with Gasteiger partial charge in [0.1, 0.15) is 0 Å². The molecule has 0 bridgehead atoms. The highest BCUT2D eigenvalue weighted by Crippen LogP contribution is 2.70. The summed E-state index contributed by atoms with van der Waals surface area (Å²) in [7, 11) is 0. The summed E-state index contributed by atoms with van der Waals surface area (Å²) in [5, 5.41) is 0. The fraction of sp³-hybridized carbons (Fsp3) is 0.833. The minimum absolute atomic E-state index is 4.44. The maximum Gasteiger partial charge on any atom is 0.408 e. The van der Waals surface area contributed by atoms with Gasteiger partial charge in [-0.1, -0.05) is 0 Å². The Bertz CT molecular complexity index is 297. The predicted octanol–water partition coefficient (Wildman–Crippen LogP) is 3.68. The van der Waals surface area contributed by atoms with E-state index in [-0.39, 0.29) is 0 Å². The first-order valence-electron chi connectivity index (χ1n) is 3.58. The summed E-state index contributed by atoms with van der Waals surface area (Å²) in [4.78, 5) is 0. The number of hydrogen-bond donors (Lipinski definition) is 0. The Morgan fingerprint density at radius 2 is 0.824 bits per heavy atom. The van der Waals surface area contributed by atoms with E-state index in [1.165, 1.54) is 0 Å². The lowest BCUT2D eigenvalue weighted by molar-refractivity contribution is -0.303. The molecule has 0 aromatic heterocycles. The second-order valence-electron chi connectivity index (χ2n) is 3.17. The monoisotopic (exact) mass is 281 g/mol. The molecule has 0 atom stereocenters. The van der Waals surface area contributed by atoms with Crippen LogP contribution in [-0.4, -0.2) is 29.9 Å². The Morgan fingerprint density at radius 1 is 0.588 bits per heavy atom. The lowest BCUT2D eigenvalue weighted by Gasteiger charge is -2.24. The fourth-order valence-corrected chi connectivity index (χ4v) is 1.26. The number of rotatable bonds is 0. The molecule has 11 heteroatoms. The molecule has 1 radical (unpaired) electrons. The van der Waals surface area contributed by atoms with Gasteiger partial charge in [0, 0.05) is 0 Å². The van der Waals surface area contributed by atoms with E-state index in [1.807, 2.05) is 0 Å². The molecule has 0 aromatic carbocycles. The number of halogens is 11. The van der Waals surface area contributed by atoms with Gasteiger partial charge in [-0.25, -0.2) is 0 Å². The molecule has 1 fully saturated rings. The lowest BCUT2D eigenvalue weighted by atomic mass is 10.0. The van der Waals surface area contributed by atoms with Crippen molar-refractivity contribution >= 4 is 0 Å². The molecule has 0 aliphatic heterocycles. The molecule has 17 heavy (non-hydrogen) atoms. The molecule has 0 amide bonds. The summed E-state index contributed by atoms with van der Waals surface area (Å²) >= 11 is 0. The zero-order valence-corrected chi connectivity index (χ0v) is 7.16. The molecule has 0 spiro atoms. The maximum atomic E-state index is 12.4. The number of hydrogen-bond acceptors (Lipinski definition) is 0. The van der Waals surface area contributed by atoms with E-state index >= 15 is 0 Å². The van der Waals surface area contributed by atoms with Gasteiger partial charge < -0.3 is 0 Å². The molecular weight excluding hydrogens is 281 g/mol. The highest BCUT2D eigenvalue weighted by atomic mass is 19.4. The standard InChI is InChI=1S/C6F11/c7-2(8)1(4(11,12)13)3(9,10)6(16,17)5(2,14)15. The smallest absolute Gasteiger partial charge is 0.198 e. The van der Waals surface area contributed by atoms with Crippen molar-refractivity contribution in [2.75, 3.05) is 0 Å². The first-order valence-corrected chi connectivity index (χ1v) is 3.58. The van der Waals surface area contributed by atoms with Crippen molar-refractivity contribution in [1.82, 2.24) is 0 Å². The SMILES string of the molecule is FC(F)(F)[C]1C(F)(F)C(F)(F)C(F)(F)C1(F)F. The van der Waals surface area contributed by atoms with Crippen LogP contribution in [0.3, 0.4) is 0 Å². The molecule has 0 heterocycles. The molecule has 0 aromatic rings. The summed E-state index contributed by atoms with van der Waals surface area (Å²) in [6, 6.07) is 0. The summed E-state index contributed by atoms with van der Waals surface area (Å²) in [5.41, 5.74) is 0. The molecule has 0 N–H and O–H groups in total. The van der Waals surface area contributed by atoms with Crippen molar-refractivity contribution in [2.24, 2.45) is 0 Å². The van der Waals surface area contributed by atoms with E-state index in [1.54, 1.807) is 0 Å². The van der Waals surface area contributed by atoms with Crippen LogP contribution >= 0.6 is 0 Å². The van der Waals surface area contributed by atoms with Crippen LogP contribution in [0.5, 0.6) is 0 Å². The van der Waals surface area contributed by atoms with E-state index in [4.69, 9.17) is 0 Å². The van der Waals surface area contributed by atoms with Crippen LogP contribution in [0.4, 0.5) is 48.3 Å². The molecule has 1 aliphatic rings. The zero-order valence-electron chi connectivity index (χ0n) is 7.16. The zero-order chi connectivity index (χ0) is 14.1. The average Bonchev–Trinajstić information content (AvgIpc) is 2.03. The van der Waals surface area contributed by atoms with E-state index < -0.39 is 35.8 Å². The molecule has 0 nitrogen and oxygen atoms in total. The minimum atomic E-state index is -6.83. The molecule has 101 valence electrons. The molecular formula is C6F11. The predicted molar refractivity (Wildman–Crippen MR) is 29.1 cm³/mol. The van der Waals surface area contributed by atoms with Crippen LogP contribution in [0.1, 0.15) is 0 Å². The van der Waals surface area contributed by atoms with Crippen LogP contribution in [0.2, 0.25) is 0 Å². The average molecular weight is 281 g/mol. The van der Waals surface area contributed by atoms with Crippen LogP contribution in [0.15, 0.2) is 0 Å². The third-order valence-electron chi connectivity index (χ3n) is 2.09. The van der Waals surface area contributed by atoms with Gasteiger partial charge in [0.15, 0.2) is 0 Å². The Morgan fingerprint density at radius 3 is 0.941 bits per heavy atom. The van der Waals surface area contributed by atoms with Crippen LogP contribution in [0.25, 0.3) is 0 Å². The Labute approximate surface area is 85.4 Å². The van der Waals surface area contributed by atoms with Crippen molar-refractivity contribution in [2.45, 2.75) is 29.9 Å². The molecule has 1 rings (SSSR count). The first kappa shape index (κ1) is 14.3. The molecule has 0 saturated heterocycles. The van der Waals surface area contributed by atoms with E-state index in [0.29, 0.717) is 0 Å². The summed E-state index contributed by atoms with van der Waals surface area (Å²) in [6.07, 6.45) is -6.68. The summed E-state index contributed by atoms with van der Waals surface area (Å²) < 4.78 is 134. The number of alkyl halides is 11. The minimum Gasteiger partial charge on any atom is -0.198 e. The van der Waals surface area contributed by atoms with Gasteiger partial charge in [-0.3, -0.25) is 0 Å². The maximum absolute atomic E-state index is 12.4. The van der Waals surface area contributed by atoms with E-state index in [2.05, 4.69) is 0 Å². The lowest BCUT2D eigenvalue weighted by Crippen LogP contribution is -2.51. The van der Waals surface area contributed by atoms with Gasteiger partial charge in [-0.2, -0.15) is 48.3 Å². The van der Waals surface area contributed by atoms with Gasteiger partial charge >= 0.3 is 29.9 Å². The van der Waals surface area contributed by atoms with Crippen LogP contribution in [-0.2, 0) is 0 Å². The van der Waals surface area contributed by atoms with Crippen molar-refractivity contribution in [3.63, 3.8) is 0 Å². The second-order valence-corrected chi connectivity index (χ2v) is 3.17. The molecule has 0 unspecified atom stereocenters. The highest BCUT2D eigenvalue weighted by Gasteiger charge is 2.97. The normalized spacial score (nSPS) is 30.5. The Kier molecular flexibility index (Phi) is 2.50.